The molecule has 0 aliphatic rings. The summed E-state index contributed by atoms with van der Waals surface area (Å²) in [5.74, 6) is 5.54. The Bertz CT molecular complexity index is 537. The molecule has 6 nitrogen and oxygen atoms in total. The van der Waals surface area contributed by atoms with Crippen LogP contribution in [-0.2, 0) is 6.54 Å². The van der Waals surface area contributed by atoms with Crippen LogP contribution in [0.5, 0.6) is 0 Å². The van der Waals surface area contributed by atoms with Gasteiger partial charge in [-0.1, -0.05) is 0 Å². The Hall–Kier alpha value is -1.99. The van der Waals surface area contributed by atoms with Crippen molar-refractivity contribution in [3.05, 3.63) is 40.0 Å². The normalized spacial score (nSPS) is 10.1. The molecule has 0 aliphatic carbocycles. The first-order valence-electron chi connectivity index (χ1n) is 5.31. The monoisotopic (exact) mass is 263 g/mol. The second-order valence-electron chi connectivity index (χ2n) is 3.60. The van der Waals surface area contributed by atoms with E-state index in [4.69, 9.17) is 5.84 Å². The van der Waals surface area contributed by atoms with Crippen molar-refractivity contribution in [2.45, 2.75) is 13.5 Å². The molecule has 0 fully saturated rings. The number of hydrogen-bond acceptors (Lipinski definition) is 6. The highest BCUT2D eigenvalue weighted by molar-refractivity contribution is 7.11. The lowest BCUT2D eigenvalue weighted by Gasteiger charge is -2.04. The molecular weight excluding hydrogens is 250 g/mol. The number of nitrogens with one attached hydrogen (secondary N) is 2. The molecule has 0 unspecified atom stereocenters. The van der Waals surface area contributed by atoms with Crippen LogP contribution in [0.3, 0.4) is 0 Å². The highest BCUT2D eigenvalue weighted by Gasteiger charge is 2.06. The summed E-state index contributed by atoms with van der Waals surface area (Å²) in [6, 6.07) is 3.31. The molecule has 1 amide bonds. The molecule has 0 aromatic carbocycles. The molecule has 0 spiro atoms. The zero-order chi connectivity index (χ0) is 13.0. The van der Waals surface area contributed by atoms with Gasteiger partial charge >= 0.3 is 0 Å². The second-order valence-corrected chi connectivity index (χ2v) is 4.92. The molecule has 0 atom stereocenters. The van der Waals surface area contributed by atoms with Gasteiger partial charge in [-0.3, -0.25) is 4.79 Å². The van der Waals surface area contributed by atoms with Crippen LogP contribution in [0, 0.1) is 6.92 Å². The summed E-state index contributed by atoms with van der Waals surface area (Å²) in [6.45, 7) is 2.40. The number of aromatic nitrogens is 2. The van der Waals surface area contributed by atoms with Gasteiger partial charge in [0.2, 0.25) is 0 Å². The zero-order valence-electron chi connectivity index (χ0n) is 9.80. The van der Waals surface area contributed by atoms with Crippen molar-refractivity contribution in [1.29, 1.82) is 0 Å². The minimum Gasteiger partial charge on any atom is -0.347 e. The van der Waals surface area contributed by atoms with Crippen molar-refractivity contribution < 1.29 is 4.79 Å². The highest BCUT2D eigenvalue weighted by atomic mass is 32.1. The lowest BCUT2D eigenvalue weighted by Crippen LogP contribution is -2.22. The Balaban J connectivity index is 1.94. The first-order chi connectivity index (χ1) is 8.69. The van der Waals surface area contributed by atoms with Gasteiger partial charge in [0.15, 0.2) is 0 Å². The third-order valence-electron chi connectivity index (χ3n) is 2.27. The van der Waals surface area contributed by atoms with Gasteiger partial charge in [0, 0.05) is 17.3 Å². The summed E-state index contributed by atoms with van der Waals surface area (Å²) in [7, 11) is 0. The maximum Gasteiger partial charge on any atom is 0.253 e. The molecule has 2 aromatic rings. The first kappa shape index (κ1) is 12.5. The largest absolute Gasteiger partial charge is 0.347 e. The number of thiazole rings is 1. The summed E-state index contributed by atoms with van der Waals surface area (Å²) >= 11 is 1.56. The minimum atomic E-state index is -0.169. The number of amides is 1. The molecule has 2 aromatic heterocycles. The van der Waals surface area contributed by atoms with E-state index in [0.717, 1.165) is 9.88 Å². The summed E-state index contributed by atoms with van der Waals surface area (Å²) in [5.41, 5.74) is 2.90. The highest BCUT2D eigenvalue weighted by Crippen LogP contribution is 2.11. The van der Waals surface area contributed by atoms with Gasteiger partial charge in [-0.05, 0) is 19.1 Å². The van der Waals surface area contributed by atoms with Crippen molar-refractivity contribution in [1.82, 2.24) is 15.3 Å². The van der Waals surface area contributed by atoms with E-state index in [1.807, 2.05) is 6.92 Å². The van der Waals surface area contributed by atoms with Gasteiger partial charge in [0.1, 0.15) is 5.82 Å². The minimum absolute atomic E-state index is 0.169. The first-order valence-corrected chi connectivity index (χ1v) is 6.13. The van der Waals surface area contributed by atoms with Crippen molar-refractivity contribution in [3.8, 4) is 0 Å². The SMILES string of the molecule is Cc1ncc(CNC(=O)c2ccc(NN)nc2)s1. The number of pyridine rings is 1. The molecule has 2 heterocycles. The predicted molar refractivity (Wildman–Crippen MR) is 70.1 cm³/mol. The Morgan fingerprint density at radius 1 is 1.39 bits per heavy atom. The summed E-state index contributed by atoms with van der Waals surface area (Å²) in [4.78, 5) is 20.9. The van der Waals surface area contributed by atoms with Gasteiger partial charge in [0.05, 0.1) is 17.1 Å². The average Bonchev–Trinajstić information content (AvgIpc) is 2.82. The molecule has 0 bridgehead atoms. The summed E-state index contributed by atoms with van der Waals surface area (Å²) < 4.78 is 0. The number of carbonyl (C=O) groups excluding carboxylic acids is 1. The van der Waals surface area contributed by atoms with Gasteiger partial charge in [-0.25, -0.2) is 15.8 Å². The van der Waals surface area contributed by atoms with E-state index in [-0.39, 0.29) is 5.91 Å². The lowest BCUT2D eigenvalue weighted by atomic mass is 10.2. The fraction of sp³-hybridized carbons (Fsp3) is 0.182. The van der Waals surface area contributed by atoms with Crippen LogP contribution in [0.1, 0.15) is 20.2 Å². The van der Waals surface area contributed by atoms with E-state index in [2.05, 4.69) is 20.7 Å². The number of rotatable bonds is 4. The third-order valence-corrected chi connectivity index (χ3v) is 3.18. The van der Waals surface area contributed by atoms with E-state index in [1.165, 1.54) is 6.20 Å². The predicted octanol–water partition coefficient (Wildman–Crippen LogP) is 1.06. The standard InChI is InChI=1S/C11H13N5OS/c1-7-13-5-9(18-7)6-15-11(17)8-2-3-10(16-12)14-4-8/h2-5H,6,12H2,1H3,(H,14,16)(H,15,17). The van der Waals surface area contributed by atoms with Crippen LogP contribution in [0.4, 0.5) is 5.82 Å². The van der Waals surface area contributed by atoms with E-state index >= 15 is 0 Å². The quantitative estimate of drug-likeness (QED) is 0.566. The molecule has 7 heteroatoms. The molecule has 0 aliphatic heterocycles. The van der Waals surface area contributed by atoms with Gasteiger partial charge < -0.3 is 10.7 Å². The van der Waals surface area contributed by atoms with E-state index in [1.54, 1.807) is 29.7 Å². The smallest absolute Gasteiger partial charge is 0.253 e. The Morgan fingerprint density at radius 3 is 2.78 bits per heavy atom. The van der Waals surface area contributed by atoms with Crippen molar-refractivity contribution in [2.24, 2.45) is 5.84 Å². The van der Waals surface area contributed by atoms with Crippen molar-refractivity contribution in [2.75, 3.05) is 5.43 Å². The number of aryl methyl sites for hydroxylation is 1. The molecule has 0 saturated heterocycles. The molecule has 94 valence electrons. The van der Waals surface area contributed by atoms with Crippen molar-refractivity contribution >= 4 is 23.1 Å². The number of anilines is 1. The number of hydrogen-bond donors (Lipinski definition) is 3. The Labute approximate surface area is 108 Å². The number of nitrogens with zero attached hydrogens (tertiary/aromatic N) is 2. The Morgan fingerprint density at radius 2 is 2.22 bits per heavy atom. The Kier molecular flexibility index (Phi) is 3.85. The average molecular weight is 263 g/mol. The van der Waals surface area contributed by atoms with Crippen LogP contribution in [0.15, 0.2) is 24.5 Å². The summed E-state index contributed by atoms with van der Waals surface area (Å²) in [5, 5.41) is 3.79. The van der Waals surface area contributed by atoms with Crippen LogP contribution >= 0.6 is 11.3 Å². The maximum absolute atomic E-state index is 11.8. The van der Waals surface area contributed by atoms with Crippen LogP contribution in [0.2, 0.25) is 0 Å². The molecule has 0 radical (unpaired) electrons. The van der Waals surface area contributed by atoms with Crippen LogP contribution < -0.4 is 16.6 Å². The van der Waals surface area contributed by atoms with E-state index in [9.17, 15) is 4.79 Å². The van der Waals surface area contributed by atoms with E-state index < -0.39 is 0 Å². The lowest BCUT2D eigenvalue weighted by molar-refractivity contribution is 0.0951. The molecule has 0 saturated carbocycles. The molecular formula is C11H13N5OS. The van der Waals surface area contributed by atoms with E-state index in [0.29, 0.717) is 17.9 Å². The third kappa shape index (κ3) is 3.02. The van der Waals surface area contributed by atoms with Gasteiger partial charge in [0.25, 0.3) is 5.91 Å². The number of nitrogens with two attached hydrogens (primary N) is 1. The fourth-order valence-electron chi connectivity index (χ4n) is 1.37. The number of nitrogen functional groups attached to an aromatic ring is 1. The topological polar surface area (TPSA) is 92.9 Å². The summed E-state index contributed by atoms with van der Waals surface area (Å²) in [6.07, 6.45) is 3.24. The fourth-order valence-corrected chi connectivity index (χ4v) is 2.10. The number of hydrazine groups is 1. The van der Waals surface area contributed by atoms with Gasteiger partial charge in [-0.2, -0.15) is 0 Å². The van der Waals surface area contributed by atoms with Crippen LogP contribution in [-0.4, -0.2) is 15.9 Å². The zero-order valence-corrected chi connectivity index (χ0v) is 10.6. The molecule has 18 heavy (non-hydrogen) atoms. The van der Waals surface area contributed by atoms with Crippen molar-refractivity contribution in [3.63, 3.8) is 0 Å². The van der Waals surface area contributed by atoms with Gasteiger partial charge in [-0.15, -0.1) is 11.3 Å². The maximum atomic E-state index is 11.8. The second kappa shape index (κ2) is 5.56. The number of carbonyl (C=O) groups is 1. The van der Waals surface area contributed by atoms with Crippen LogP contribution in [0.25, 0.3) is 0 Å². The molecule has 2 rings (SSSR count). The molecule has 4 N–H and O–H groups in total.